The van der Waals surface area contributed by atoms with E-state index in [9.17, 15) is 14.0 Å². The fourth-order valence-electron chi connectivity index (χ4n) is 3.69. The van der Waals surface area contributed by atoms with E-state index in [1.54, 1.807) is 26.6 Å². The van der Waals surface area contributed by atoms with Gasteiger partial charge in [-0.3, -0.25) is 14.3 Å². The van der Waals surface area contributed by atoms with E-state index in [1.165, 1.54) is 12.1 Å². The van der Waals surface area contributed by atoms with Crippen molar-refractivity contribution in [2.45, 2.75) is 46.4 Å². The highest BCUT2D eigenvalue weighted by Crippen LogP contribution is 2.14. The van der Waals surface area contributed by atoms with Gasteiger partial charge in [-0.15, -0.1) is 0 Å². The summed E-state index contributed by atoms with van der Waals surface area (Å²) in [4.78, 5) is 29.0. The molecular formula is C23H31FN4O3. The summed E-state index contributed by atoms with van der Waals surface area (Å²) < 4.78 is 21.3. The number of nitrogens with zero attached hydrogens (tertiary/aromatic N) is 4. The van der Waals surface area contributed by atoms with Crippen LogP contribution in [0.5, 0.6) is 0 Å². The van der Waals surface area contributed by atoms with E-state index in [2.05, 4.69) is 18.9 Å². The molecular weight excluding hydrogens is 399 g/mol. The van der Waals surface area contributed by atoms with Crippen LogP contribution in [0.15, 0.2) is 36.5 Å². The van der Waals surface area contributed by atoms with Gasteiger partial charge >= 0.3 is 0 Å². The molecule has 0 bridgehead atoms. The molecule has 0 N–H and O–H groups in total. The molecule has 0 radical (unpaired) electrons. The zero-order valence-electron chi connectivity index (χ0n) is 18.5. The largest absolute Gasteiger partial charge is 0.370 e. The molecule has 8 heteroatoms. The summed E-state index contributed by atoms with van der Waals surface area (Å²) in [6.45, 7) is 8.07. The minimum Gasteiger partial charge on any atom is -0.370 e. The quantitative estimate of drug-likeness (QED) is 0.646. The van der Waals surface area contributed by atoms with Gasteiger partial charge in [0.1, 0.15) is 5.82 Å². The van der Waals surface area contributed by atoms with Crippen LogP contribution in [0.1, 0.15) is 31.5 Å². The Hall–Kier alpha value is -2.74. The molecule has 7 nitrogen and oxygen atoms in total. The third-order valence-corrected chi connectivity index (χ3v) is 5.17. The highest BCUT2D eigenvalue weighted by Gasteiger charge is 2.31. The number of amides is 2. The molecule has 0 spiro atoms. The number of halogens is 1. The van der Waals surface area contributed by atoms with Gasteiger partial charge in [0.25, 0.3) is 0 Å². The van der Waals surface area contributed by atoms with Gasteiger partial charge in [-0.1, -0.05) is 26.0 Å². The number of carbonyl (C=O) groups excluding carboxylic acids is 2. The number of rotatable bonds is 8. The Bertz CT molecular complexity index is 898. The predicted molar refractivity (Wildman–Crippen MR) is 115 cm³/mol. The van der Waals surface area contributed by atoms with Gasteiger partial charge in [0, 0.05) is 38.8 Å². The molecule has 1 aromatic carbocycles. The summed E-state index contributed by atoms with van der Waals surface area (Å²) in [5.41, 5.74) is 1.62. The Balaban J connectivity index is 1.66. The summed E-state index contributed by atoms with van der Waals surface area (Å²) in [5.74, 6) is -0.191. The molecule has 1 atom stereocenters. The van der Waals surface area contributed by atoms with Gasteiger partial charge < -0.3 is 14.5 Å². The molecule has 2 aromatic rings. The summed E-state index contributed by atoms with van der Waals surface area (Å²) in [6.07, 6.45) is 1.75. The molecule has 3 rings (SSSR count). The van der Waals surface area contributed by atoms with Crippen molar-refractivity contribution in [3.8, 4) is 0 Å². The molecule has 2 heterocycles. The second-order valence-corrected chi connectivity index (χ2v) is 8.50. The number of hydrogen-bond donors (Lipinski definition) is 0. The maximum absolute atomic E-state index is 13.5. The highest BCUT2D eigenvalue weighted by atomic mass is 19.1. The number of aryl methyl sites for hydroxylation is 2. The Morgan fingerprint density at radius 2 is 2.10 bits per heavy atom. The first kappa shape index (κ1) is 22.9. The molecule has 31 heavy (non-hydrogen) atoms. The summed E-state index contributed by atoms with van der Waals surface area (Å²) in [6, 6.07) is 8.15. The maximum Gasteiger partial charge on any atom is 0.242 e. The molecule has 1 saturated heterocycles. The third-order valence-electron chi connectivity index (χ3n) is 5.17. The van der Waals surface area contributed by atoms with E-state index >= 15 is 0 Å². The molecule has 1 aliphatic heterocycles. The molecule has 0 aliphatic carbocycles. The second-order valence-electron chi connectivity index (χ2n) is 8.50. The fourth-order valence-corrected chi connectivity index (χ4v) is 3.69. The van der Waals surface area contributed by atoms with Gasteiger partial charge in [0.15, 0.2) is 0 Å². The SMILES string of the molecule is Cc1ccn(CCC(=O)N2CC(=O)N(CC(C)C)C[C@H](OCc3cccc(F)c3)C2)n1. The van der Waals surface area contributed by atoms with E-state index in [0.717, 1.165) is 11.3 Å². The van der Waals surface area contributed by atoms with Crippen LogP contribution in [-0.2, 0) is 27.5 Å². The first-order valence-corrected chi connectivity index (χ1v) is 10.7. The molecule has 168 valence electrons. The van der Waals surface area contributed by atoms with Crippen molar-refractivity contribution in [1.29, 1.82) is 0 Å². The molecule has 0 unspecified atom stereocenters. The molecule has 1 aliphatic rings. The highest BCUT2D eigenvalue weighted by molar-refractivity contribution is 5.85. The van der Waals surface area contributed by atoms with Crippen LogP contribution in [0.4, 0.5) is 4.39 Å². The van der Waals surface area contributed by atoms with Crippen molar-refractivity contribution in [1.82, 2.24) is 19.6 Å². The third kappa shape index (κ3) is 6.89. The monoisotopic (exact) mass is 430 g/mol. The van der Waals surface area contributed by atoms with Gasteiger partial charge in [0.2, 0.25) is 11.8 Å². The van der Waals surface area contributed by atoms with E-state index in [0.29, 0.717) is 32.1 Å². The van der Waals surface area contributed by atoms with Crippen LogP contribution in [0.2, 0.25) is 0 Å². The molecule has 1 aromatic heterocycles. The van der Waals surface area contributed by atoms with Crippen molar-refractivity contribution >= 4 is 11.8 Å². The van der Waals surface area contributed by atoms with Crippen molar-refractivity contribution < 1.29 is 18.7 Å². The van der Waals surface area contributed by atoms with Crippen LogP contribution in [0.3, 0.4) is 0 Å². The van der Waals surface area contributed by atoms with Crippen molar-refractivity contribution in [3.05, 3.63) is 53.6 Å². The first-order valence-electron chi connectivity index (χ1n) is 10.7. The Morgan fingerprint density at radius 3 is 2.77 bits per heavy atom. The topological polar surface area (TPSA) is 67.7 Å². The van der Waals surface area contributed by atoms with Crippen LogP contribution < -0.4 is 0 Å². The molecule has 2 amide bonds. The second kappa shape index (κ2) is 10.5. The van der Waals surface area contributed by atoms with Gasteiger partial charge in [-0.25, -0.2) is 4.39 Å². The minimum absolute atomic E-state index is 0.0452. The van der Waals surface area contributed by atoms with Gasteiger partial charge in [-0.05, 0) is 36.6 Å². The fraction of sp³-hybridized carbons (Fsp3) is 0.522. The Kier molecular flexibility index (Phi) is 7.79. The molecule has 0 saturated carbocycles. The lowest BCUT2D eigenvalue weighted by Gasteiger charge is -2.26. The number of ether oxygens (including phenoxy) is 1. The zero-order valence-corrected chi connectivity index (χ0v) is 18.5. The molecule has 1 fully saturated rings. The first-order chi connectivity index (χ1) is 14.8. The van der Waals surface area contributed by atoms with Crippen molar-refractivity contribution in [2.75, 3.05) is 26.2 Å². The van der Waals surface area contributed by atoms with Gasteiger partial charge in [-0.2, -0.15) is 5.10 Å². The van der Waals surface area contributed by atoms with Crippen molar-refractivity contribution in [3.63, 3.8) is 0 Å². The van der Waals surface area contributed by atoms with Crippen molar-refractivity contribution in [2.24, 2.45) is 5.92 Å². The summed E-state index contributed by atoms with van der Waals surface area (Å²) >= 11 is 0. The van der Waals surface area contributed by atoms with Crippen LogP contribution in [0, 0.1) is 18.7 Å². The maximum atomic E-state index is 13.5. The number of benzene rings is 1. The van der Waals surface area contributed by atoms with E-state index in [1.807, 2.05) is 19.2 Å². The lowest BCUT2D eigenvalue weighted by atomic mass is 10.2. The van der Waals surface area contributed by atoms with Crippen LogP contribution >= 0.6 is 0 Å². The smallest absolute Gasteiger partial charge is 0.242 e. The lowest BCUT2D eigenvalue weighted by Crippen LogP contribution is -2.40. The number of hydrogen-bond acceptors (Lipinski definition) is 4. The minimum atomic E-state index is -0.343. The predicted octanol–water partition coefficient (Wildman–Crippen LogP) is 2.63. The lowest BCUT2D eigenvalue weighted by molar-refractivity contribution is -0.139. The zero-order chi connectivity index (χ0) is 22.4. The Labute approximate surface area is 182 Å². The van der Waals surface area contributed by atoms with Crippen LogP contribution in [-0.4, -0.2) is 63.7 Å². The standard InChI is InChI=1S/C23H31FN4O3/c1-17(2)12-26-13-21(31-16-19-5-4-6-20(24)11-19)14-27(15-23(26)30)22(29)8-10-28-9-7-18(3)25-28/h4-7,9,11,17,21H,8,10,12-16H2,1-3H3/t21-/m0/s1. The Morgan fingerprint density at radius 1 is 1.29 bits per heavy atom. The summed E-state index contributed by atoms with van der Waals surface area (Å²) in [5, 5.41) is 4.31. The van der Waals surface area contributed by atoms with E-state index < -0.39 is 0 Å². The van der Waals surface area contributed by atoms with E-state index in [4.69, 9.17) is 4.74 Å². The average molecular weight is 431 g/mol. The normalized spacial score (nSPS) is 17.3. The van der Waals surface area contributed by atoms with Gasteiger partial charge in [0.05, 0.1) is 24.9 Å². The summed E-state index contributed by atoms with van der Waals surface area (Å²) in [7, 11) is 0. The number of carbonyl (C=O) groups is 2. The van der Waals surface area contributed by atoms with Crippen LogP contribution in [0.25, 0.3) is 0 Å². The number of aromatic nitrogens is 2. The average Bonchev–Trinajstić information content (AvgIpc) is 3.06. The van der Waals surface area contributed by atoms with E-state index in [-0.39, 0.29) is 43.3 Å².